The molecule has 3 heterocycles. The smallest absolute Gasteiger partial charge is 0.0346 e. The van der Waals surface area contributed by atoms with Crippen LogP contribution in [0.3, 0.4) is 0 Å². The highest BCUT2D eigenvalue weighted by Crippen LogP contribution is 2.67. The number of benzene rings is 4. The van der Waals surface area contributed by atoms with Crippen molar-refractivity contribution in [3.63, 3.8) is 0 Å². The van der Waals surface area contributed by atoms with Crippen molar-refractivity contribution in [1.82, 2.24) is 15.0 Å². The Morgan fingerprint density at radius 2 is 0.647 bits per heavy atom. The fourth-order valence-corrected chi connectivity index (χ4v) is 9.81. The zero-order chi connectivity index (χ0) is 34.9. The molecule has 0 unspecified atom stereocenters. The number of pyridine rings is 3. The third-order valence-electron chi connectivity index (χ3n) is 12.2. The molecule has 0 spiro atoms. The van der Waals surface area contributed by atoms with E-state index in [2.05, 4.69) is 129 Å². The molecule has 4 aromatic carbocycles. The second kappa shape index (κ2) is 10.2. The van der Waals surface area contributed by atoms with Gasteiger partial charge in [-0.3, -0.25) is 15.0 Å². The number of aromatic nitrogens is 3. The Labute approximate surface area is 300 Å². The molecule has 3 aliphatic carbocycles. The van der Waals surface area contributed by atoms with E-state index in [9.17, 15) is 0 Å². The van der Waals surface area contributed by atoms with Crippen LogP contribution in [0.15, 0.2) is 128 Å². The van der Waals surface area contributed by atoms with Gasteiger partial charge in [-0.05, 0) is 137 Å². The first-order chi connectivity index (χ1) is 24.6. The van der Waals surface area contributed by atoms with E-state index in [4.69, 9.17) is 0 Å². The van der Waals surface area contributed by atoms with E-state index in [-0.39, 0.29) is 16.2 Å². The Balaban J connectivity index is 1.31. The van der Waals surface area contributed by atoms with Gasteiger partial charge in [0.15, 0.2) is 0 Å². The lowest BCUT2D eigenvalue weighted by Gasteiger charge is -2.31. The van der Waals surface area contributed by atoms with Crippen molar-refractivity contribution in [2.24, 2.45) is 0 Å². The number of fused-ring (bicyclic) bond motifs is 12. The zero-order valence-electron chi connectivity index (χ0n) is 30.0. The molecule has 0 N–H and O–H groups in total. The minimum absolute atomic E-state index is 0.229. The molecule has 0 fully saturated rings. The number of hydrogen-bond donors (Lipinski definition) is 0. The first-order valence-corrected chi connectivity index (χ1v) is 18.0. The van der Waals surface area contributed by atoms with Crippen molar-refractivity contribution in [1.29, 1.82) is 0 Å². The Hall–Kier alpha value is -5.67. The van der Waals surface area contributed by atoms with Crippen molar-refractivity contribution < 1.29 is 0 Å². The lowest BCUT2D eigenvalue weighted by molar-refractivity contribution is 0.636. The molecule has 246 valence electrons. The second-order valence-corrected chi connectivity index (χ2v) is 16.1. The van der Waals surface area contributed by atoms with E-state index in [1.54, 1.807) is 0 Å². The van der Waals surface area contributed by atoms with Gasteiger partial charge >= 0.3 is 0 Å². The molecule has 0 aliphatic heterocycles. The summed E-state index contributed by atoms with van der Waals surface area (Å²) < 4.78 is 0. The predicted molar refractivity (Wildman–Crippen MR) is 209 cm³/mol. The van der Waals surface area contributed by atoms with Crippen molar-refractivity contribution in [3.05, 3.63) is 162 Å². The molecule has 10 rings (SSSR count). The average molecular weight is 658 g/mol. The van der Waals surface area contributed by atoms with Crippen LogP contribution in [0.25, 0.3) is 66.8 Å². The molecule has 0 radical (unpaired) electrons. The summed E-state index contributed by atoms with van der Waals surface area (Å²) >= 11 is 0. The van der Waals surface area contributed by atoms with E-state index in [1.165, 1.54) is 83.5 Å². The van der Waals surface area contributed by atoms with E-state index >= 15 is 0 Å². The summed E-state index contributed by atoms with van der Waals surface area (Å²) in [6.07, 6.45) is 11.5. The minimum atomic E-state index is -0.229. The summed E-state index contributed by atoms with van der Waals surface area (Å²) in [6.45, 7) is 14.7. The first-order valence-electron chi connectivity index (χ1n) is 18.0. The van der Waals surface area contributed by atoms with Crippen LogP contribution in [0, 0.1) is 0 Å². The Morgan fingerprint density at radius 1 is 0.353 bits per heavy atom. The number of rotatable bonds is 3. The molecular formula is C48H39N3. The van der Waals surface area contributed by atoms with Crippen molar-refractivity contribution >= 4 is 0 Å². The van der Waals surface area contributed by atoms with Gasteiger partial charge < -0.3 is 0 Å². The summed E-state index contributed by atoms with van der Waals surface area (Å²) in [5, 5.41) is 0. The van der Waals surface area contributed by atoms with Crippen molar-refractivity contribution in [2.75, 3.05) is 0 Å². The van der Waals surface area contributed by atoms with Gasteiger partial charge in [0, 0.05) is 53.4 Å². The zero-order valence-corrected chi connectivity index (χ0v) is 30.0. The molecule has 0 amide bonds. The summed E-state index contributed by atoms with van der Waals surface area (Å²) in [7, 11) is 0. The molecule has 51 heavy (non-hydrogen) atoms. The second-order valence-electron chi connectivity index (χ2n) is 16.1. The summed E-state index contributed by atoms with van der Waals surface area (Å²) in [6, 6.07) is 34.0. The lowest BCUT2D eigenvalue weighted by atomic mass is 9.71. The van der Waals surface area contributed by atoms with Crippen molar-refractivity contribution in [3.8, 4) is 66.8 Å². The number of hydrogen-bond acceptors (Lipinski definition) is 3. The van der Waals surface area contributed by atoms with Crippen LogP contribution < -0.4 is 0 Å². The minimum Gasteiger partial charge on any atom is -0.264 e. The fourth-order valence-electron chi connectivity index (χ4n) is 9.81. The molecule has 7 aromatic rings. The predicted octanol–water partition coefficient (Wildman–Crippen LogP) is 11.8. The normalized spacial score (nSPS) is 16.1. The molecule has 3 nitrogen and oxygen atoms in total. The van der Waals surface area contributed by atoms with Crippen LogP contribution in [-0.2, 0) is 16.2 Å². The highest BCUT2D eigenvalue weighted by atomic mass is 14.6. The molecule has 0 saturated heterocycles. The maximum Gasteiger partial charge on any atom is 0.0346 e. The SMILES string of the molecule is CC1(C)c2cc(-c3cccnc3)ccc2-c2c1c1c(c3c2C(C)(C)c2cc(-c4cccnc4)ccc2-3)C(C)(C)c2cc(-c3cccnc3)ccc2-1. The maximum absolute atomic E-state index is 4.46. The largest absolute Gasteiger partial charge is 0.264 e. The van der Waals surface area contributed by atoms with E-state index in [1.807, 2.05) is 55.4 Å². The van der Waals surface area contributed by atoms with Crippen LogP contribution in [0.5, 0.6) is 0 Å². The molecule has 0 saturated carbocycles. The standard InChI is InChI=1S/C48H39N3/c1-46(2)37-22-28(31-10-7-19-49-25-31)13-16-34(37)40-43(46)41-35-17-14-29(32-11-8-20-50-26-32)23-38(35)47(3,4)45(41)42-36-18-15-30(33-12-9-21-51-27-33)24-39(36)48(5,6)44(40)42/h7-27H,1-6H3. The van der Waals surface area contributed by atoms with E-state index < -0.39 is 0 Å². The van der Waals surface area contributed by atoms with E-state index in [0.717, 1.165) is 16.7 Å². The van der Waals surface area contributed by atoms with Crippen LogP contribution in [-0.4, -0.2) is 15.0 Å². The van der Waals surface area contributed by atoms with Gasteiger partial charge in [0.2, 0.25) is 0 Å². The van der Waals surface area contributed by atoms with Gasteiger partial charge in [0.1, 0.15) is 0 Å². The van der Waals surface area contributed by atoms with Crippen LogP contribution in [0.1, 0.15) is 74.9 Å². The summed E-state index contributed by atoms with van der Waals surface area (Å²) in [5.41, 5.74) is 23.3. The number of nitrogens with zero attached hydrogens (tertiary/aromatic N) is 3. The van der Waals surface area contributed by atoms with Gasteiger partial charge in [-0.1, -0.05) is 96.1 Å². The van der Waals surface area contributed by atoms with Crippen LogP contribution in [0.2, 0.25) is 0 Å². The van der Waals surface area contributed by atoms with Gasteiger partial charge in [-0.25, -0.2) is 0 Å². The van der Waals surface area contributed by atoms with Crippen LogP contribution >= 0.6 is 0 Å². The summed E-state index contributed by atoms with van der Waals surface area (Å²) in [5.74, 6) is 0. The third kappa shape index (κ3) is 3.98. The molecule has 3 aliphatic rings. The average Bonchev–Trinajstić information content (AvgIpc) is 3.64. The Kier molecular flexibility index (Phi) is 6.04. The fraction of sp³-hybridized carbons (Fsp3) is 0.188. The Morgan fingerprint density at radius 3 is 0.902 bits per heavy atom. The highest BCUT2D eigenvalue weighted by molar-refractivity contribution is 6.05. The quantitative estimate of drug-likeness (QED) is 0.190. The molecule has 0 atom stereocenters. The first kappa shape index (κ1) is 30.2. The molecule has 0 bridgehead atoms. The molecular weight excluding hydrogens is 619 g/mol. The topological polar surface area (TPSA) is 38.7 Å². The Bertz CT molecular complexity index is 2270. The van der Waals surface area contributed by atoms with Gasteiger partial charge in [0.25, 0.3) is 0 Å². The highest BCUT2D eigenvalue weighted by Gasteiger charge is 2.52. The lowest BCUT2D eigenvalue weighted by Crippen LogP contribution is -2.22. The maximum atomic E-state index is 4.46. The van der Waals surface area contributed by atoms with Crippen LogP contribution in [0.4, 0.5) is 0 Å². The van der Waals surface area contributed by atoms with Gasteiger partial charge in [0.05, 0.1) is 0 Å². The van der Waals surface area contributed by atoms with Crippen molar-refractivity contribution in [2.45, 2.75) is 57.8 Å². The molecule has 3 aromatic heterocycles. The van der Waals surface area contributed by atoms with Gasteiger partial charge in [-0.2, -0.15) is 0 Å². The van der Waals surface area contributed by atoms with Gasteiger partial charge in [-0.15, -0.1) is 0 Å². The third-order valence-corrected chi connectivity index (χ3v) is 12.2. The monoisotopic (exact) mass is 657 g/mol. The van der Waals surface area contributed by atoms with E-state index in [0.29, 0.717) is 0 Å². The molecule has 3 heteroatoms. The summed E-state index contributed by atoms with van der Waals surface area (Å²) in [4.78, 5) is 13.4.